The summed E-state index contributed by atoms with van der Waals surface area (Å²) in [5.41, 5.74) is 8.33. The van der Waals surface area contributed by atoms with E-state index in [9.17, 15) is 0 Å². The fraction of sp³-hybridized carbons (Fsp3) is 0.385. The standard InChI is InChI=1S/C13H15N/c1-2-11-6-3-4-7-12(11)13(10-14)8-5-9-13/h1,3-4,6-7H,5,8-10,14H2. The summed E-state index contributed by atoms with van der Waals surface area (Å²) in [7, 11) is 0. The van der Waals surface area contributed by atoms with Gasteiger partial charge in [0.2, 0.25) is 0 Å². The molecule has 0 spiro atoms. The van der Waals surface area contributed by atoms with E-state index in [1.54, 1.807) is 0 Å². The second-order valence-electron chi connectivity index (χ2n) is 4.03. The lowest BCUT2D eigenvalue weighted by molar-refractivity contribution is 0.252. The van der Waals surface area contributed by atoms with E-state index in [1.165, 1.54) is 24.8 Å². The van der Waals surface area contributed by atoms with Crippen LogP contribution in [0.25, 0.3) is 0 Å². The molecule has 0 aliphatic heterocycles. The highest BCUT2D eigenvalue weighted by molar-refractivity contribution is 5.45. The molecule has 2 N–H and O–H groups in total. The predicted octanol–water partition coefficient (Wildman–Crippen LogP) is 2.05. The first-order valence-electron chi connectivity index (χ1n) is 5.08. The quantitative estimate of drug-likeness (QED) is 0.701. The van der Waals surface area contributed by atoms with Crippen molar-refractivity contribution in [2.45, 2.75) is 24.7 Å². The lowest BCUT2D eigenvalue weighted by Gasteiger charge is -2.42. The number of hydrogen-bond donors (Lipinski definition) is 1. The second kappa shape index (κ2) is 3.48. The summed E-state index contributed by atoms with van der Waals surface area (Å²) in [6.07, 6.45) is 9.13. The molecule has 0 atom stereocenters. The van der Waals surface area contributed by atoms with Gasteiger partial charge in [0.05, 0.1) is 0 Å². The van der Waals surface area contributed by atoms with E-state index in [0.717, 1.165) is 5.56 Å². The zero-order chi connectivity index (χ0) is 10.0. The van der Waals surface area contributed by atoms with Crippen molar-refractivity contribution in [2.24, 2.45) is 5.73 Å². The van der Waals surface area contributed by atoms with E-state index in [0.29, 0.717) is 6.54 Å². The van der Waals surface area contributed by atoms with Gasteiger partial charge in [0, 0.05) is 17.5 Å². The first kappa shape index (κ1) is 9.30. The van der Waals surface area contributed by atoms with Crippen molar-refractivity contribution in [1.29, 1.82) is 0 Å². The summed E-state index contributed by atoms with van der Waals surface area (Å²) in [6, 6.07) is 8.17. The van der Waals surface area contributed by atoms with Crippen LogP contribution in [0.15, 0.2) is 24.3 Å². The van der Waals surface area contributed by atoms with E-state index in [1.807, 2.05) is 18.2 Å². The molecular weight excluding hydrogens is 170 g/mol. The number of benzene rings is 1. The zero-order valence-corrected chi connectivity index (χ0v) is 8.29. The fourth-order valence-corrected chi connectivity index (χ4v) is 2.26. The molecule has 1 aromatic rings. The van der Waals surface area contributed by atoms with Gasteiger partial charge in [-0.2, -0.15) is 0 Å². The maximum atomic E-state index is 5.86. The van der Waals surface area contributed by atoms with Crippen molar-refractivity contribution in [3.63, 3.8) is 0 Å². The molecule has 0 heterocycles. The summed E-state index contributed by atoms with van der Waals surface area (Å²) in [5, 5.41) is 0. The van der Waals surface area contributed by atoms with Crippen LogP contribution in [0.5, 0.6) is 0 Å². The second-order valence-corrected chi connectivity index (χ2v) is 4.03. The van der Waals surface area contributed by atoms with E-state index in [2.05, 4.69) is 12.0 Å². The molecule has 72 valence electrons. The molecule has 1 fully saturated rings. The highest BCUT2D eigenvalue weighted by Gasteiger charge is 2.38. The van der Waals surface area contributed by atoms with E-state index >= 15 is 0 Å². The molecule has 0 aromatic heterocycles. The van der Waals surface area contributed by atoms with Gasteiger partial charge in [0.25, 0.3) is 0 Å². The molecular formula is C13H15N. The molecule has 0 bridgehead atoms. The zero-order valence-electron chi connectivity index (χ0n) is 8.29. The Morgan fingerprint density at radius 1 is 1.36 bits per heavy atom. The van der Waals surface area contributed by atoms with Crippen LogP contribution in [0.1, 0.15) is 30.4 Å². The van der Waals surface area contributed by atoms with Crippen LogP contribution in [0, 0.1) is 12.3 Å². The Kier molecular flexibility index (Phi) is 2.31. The minimum absolute atomic E-state index is 0.183. The molecule has 0 radical (unpaired) electrons. The Hall–Kier alpha value is -1.26. The van der Waals surface area contributed by atoms with E-state index in [4.69, 9.17) is 12.2 Å². The van der Waals surface area contributed by atoms with Gasteiger partial charge in [-0.05, 0) is 24.5 Å². The van der Waals surface area contributed by atoms with Crippen LogP contribution in [0.2, 0.25) is 0 Å². The number of rotatable bonds is 2. The summed E-state index contributed by atoms with van der Waals surface area (Å²) in [4.78, 5) is 0. The van der Waals surface area contributed by atoms with Crippen LogP contribution < -0.4 is 5.73 Å². The molecule has 0 saturated heterocycles. The van der Waals surface area contributed by atoms with Gasteiger partial charge in [0.1, 0.15) is 0 Å². The molecule has 0 amide bonds. The maximum absolute atomic E-state index is 5.86. The maximum Gasteiger partial charge on any atom is 0.0280 e. The number of hydrogen-bond acceptors (Lipinski definition) is 1. The normalized spacial score (nSPS) is 18.3. The summed E-state index contributed by atoms with van der Waals surface area (Å²) >= 11 is 0. The van der Waals surface area contributed by atoms with Crippen LogP contribution in [-0.2, 0) is 5.41 Å². The van der Waals surface area contributed by atoms with Gasteiger partial charge in [-0.15, -0.1) is 6.42 Å². The third-order valence-electron chi connectivity index (χ3n) is 3.36. The van der Waals surface area contributed by atoms with Crippen molar-refractivity contribution in [3.05, 3.63) is 35.4 Å². The molecule has 1 aliphatic rings. The molecule has 1 aliphatic carbocycles. The first-order chi connectivity index (χ1) is 6.82. The molecule has 2 rings (SSSR count). The lowest BCUT2D eigenvalue weighted by atomic mass is 9.63. The molecule has 1 aromatic carbocycles. The smallest absolute Gasteiger partial charge is 0.0280 e. The summed E-state index contributed by atoms with van der Waals surface area (Å²) in [5.74, 6) is 2.75. The predicted molar refractivity (Wildman–Crippen MR) is 59.0 cm³/mol. The Morgan fingerprint density at radius 2 is 2.07 bits per heavy atom. The monoisotopic (exact) mass is 185 g/mol. The van der Waals surface area contributed by atoms with Crippen molar-refractivity contribution in [2.75, 3.05) is 6.54 Å². The molecule has 0 unspecified atom stereocenters. The van der Waals surface area contributed by atoms with Crippen LogP contribution in [-0.4, -0.2) is 6.54 Å². The van der Waals surface area contributed by atoms with Crippen molar-refractivity contribution >= 4 is 0 Å². The van der Waals surface area contributed by atoms with Gasteiger partial charge in [0.15, 0.2) is 0 Å². The summed E-state index contributed by atoms with van der Waals surface area (Å²) in [6.45, 7) is 0.714. The van der Waals surface area contributed by atoms with Gasteiger partial charge in [-0.1, -0.05) is 30.5 Å². The van der Waals surface area contributed by atoms with Crippen molar-refractivity contribution in [3.8, 4) is 12.3 Å². The van der Waals surface area contributed by atoms with E-state index in [-0.39, 0.29) is 5.41 Å². The molecule has 1 nitrogen and oxygen atoms in total. The van der Waals surface area contributed by atoms with Crippen LogP contribution in [0.4, 0.5) is 0 Å². The Bertz CT molecular complexity index is 364. The van der Waals surface area contributed by atoms with Gasteiger partial charge < -0.3 is 5.73 Å². The highest BCUT2D eigenvalue weighted by Crippen LogP contribution is 2.43. The topological polar surface area (TPSA) is 26.0 Å². The Labute approximate surface area is 85.3 Å². The average Bonchev–Trinajstić information content (AvgIpc) is 2.18. The lowest BCUT2D eigenvalue weighted by Crippen LogP contribution is -2.42. The minimum atomic E-state index is 0.183. The van der Waals surface area contributed by atoms with Crippen molar-refractivity contribution < 1.29 is 0 Å². The highest BCUT2D eigenvalue weighted by atomic mass is 14.6. The Balaban J connectivity index is 2.45. The third kappa shape index (κ3) is 1.23. The van der Waals surface area contributed by atoms with Gasteiger partial charge in [-0.25, -0.2) is 0 Å². The third-order valence-corrected chi connectivity index (χ3v) is 3.36. The first-order valence-corrected chi connectivity index (χ1v) is 5.08. The molecule has 1 heteroatoms. The molecule has 14 heavy (non-hydrogen) atoms. The van der Waals surface area contributed by atoms with Gasteiger partial charge >= 0.3 is 0 Å². The van der Waals surface area contributed by atoms with Crippen molar-refractivity contribution in [1.82, 2.24) is 0 Å². The fourth-order valence-electron chi connectivity index (χ4n) is 2.26. The SMILES string of the molecule is C#Cc1ccccc1C1(CN)CCC1. The van der Waals surface area contributed by atoms with Crippen LogP contribution >= 0.6 is 0 Å². The van der Waals surface area contributed by atoms with Gasteiger partial charge in [-0.3, -0.25) is 0 Å². The minimum Gasteiger partial charge on any atom is -0.330 e. The van der Waals surface area contributed by atoms with Crippen LogP contribution in [0.3, 0.4) is 0 Å². The molecule has 1 saturated carbocycles. The number of terminal acetylenes is 1. The van der Waals surface area contributed by atoms with E-state index < -0.39 is 0 Å². The number of nitrogens with two attached hydrogens (primary N) is 1. The average molecular weight is 185 g/mol. The largest absolute Gasteiger partial charge is 0.330 e. The summed E-state index contributed by atoms with van der Waals surface area (Å²) < 4.78 is 0. The Morgan fingerprint density at radius 3 is 2.57 bits per heavy atom.